The van der Waals surface area contributed by atoms with Gasteiger partial charge in [0.15, 0.2) is 0 Å². The minimum atomic E-state index is -0.741. The molecule has 3 heteroatoms. The topological polar surface area (TPSA) is 54.4 Å². The molecule has 0 radical (unpaired) electrons. The lowest BCUT2D eigenvalue weighted by molar-refractivity contribution is -0.174. The van der Waals surface area contributed by atoms with Gasteiger partial charge in [-0.1, -0.05) is 60.1 Å². The maximum Gasteiger partial charge on any atom is 0.303 e. The van der Waals surface area contributed by atoms with Crippen molar-refractivity contribution in [1.82, 2.24) is 0 Å². The Morgan fingerprint density at radius 3 is 2.27 bits per heavy atom. The average Bonchev–Trinajstić information content (AvgIpc) is 2.73. The number of carbonyl (C=O) groups is 2. The highest BCUT2D eigenvalue weighted by Gasteiger charge is 2.69. The molecule has 0 heterocycles. The molecule has 3 saturated carbocycles. The molecular weight excluding hydrogens is 408 g/mol. The normalized spacial score (nSPS) is 51.6. The molecule has 9 atom stereocenters. The van der Waals surface area contributed by atoms with E-state index in [0.717, 1.165) is 25.2 Å². The van der Waals surface area contributed by atoms with E-state index >= 15 is 0 Å². The van der Waals surface area contributed by atoms with Gasteiger partial charge in [-0.05, 0) is 103 Å². The summed E-state index contributed by atoms with van der Waals surface area (Å²) in [6, 6.07) is 0. The molecular formula is C30H48O3. The predicted molar refractivity (Wildman–Crippen MR) is 134 cm³/mol. The van der Waals surface area contributed by atoms with E-state index in [1.807, 2.05) is 0 Å². The molecule has 0 aromatic rings. The maximum atomic E-state index is 12.8. The summed E-state index contributed by atoms with van der Waals surface area (Å²) in [5, 5.41) is 9.53. The summed E-state index contributed by atoms with van der Waals surface area (Å²) in [5.41, 5.74) is 2.23. The molecule has 1 unspecified atom stereocenters. The zero-order valence-corrected chi connectivity index (χ0v) is 22.5. The Balaban J connectivity index is 1.84. The van der Waals surface area contributed by atoms with Gasteiger partial charge in [0.1, 0.15) is 5.78 Å². The fourth-order valence-corrected chi connectivity index (χ4v) is 10.1. The van der Waals surface area contributed by atoms with Crippen molar-refractivity contribution in [2.75, 3.05) is 0 Å². The Bertz CT molecular complexity index is 874. The summed E-state index contributed by atoms with van der Waals surface area (Å²) in [6.07, 6.45) is 11.5. The molecule has 33 heavy (non-hydrogen) atoms. The number of hydrogen-bond donors (Lipinski definition) is 1. The monoisotopic (exact) mass is 456 g/mol. The summed E-state index contributed by atoms with van der Waals surface area (Å²) >= 11 is 0. The number of carbonyl (C=O) groups excluding carboxylic acids is 1. The Hall–Kier alpha value is -1.12. The van der Waals surface area contributed by atoms with Crippen LogP contribution in [-0.4, -0.2) is 16.9 Å². The van der Waals surface area contributed by atoms with Gasteiger partial charge in [-0.3, -0.25) is 9.59 Å². The summed E-state index contributed by atoms with van der Waals surface area (Å²) in [7, 11) is 0. The first-order valence-corrected chi connectivity index (χ1v) is 13.6. The summed E-state index contributed by atoms with van der Waals surface area (Å²) in [5.74, 6) is 1.25. The number of fused-ring (bicyclic) bond motifs is 5. The van der Waals surface area contributed by atoms with Crippen molar-refractivity contribution >= 4 is 11.8 Å². The van der Waals surface area contributed by atoms with E-state index in [9.17, 15) is 14.7 Å². The van der Waals surface area contributed by atoms with Crippen LogP contribution < -0.4 is 0 Å². The number of Topliss-reactive ketones (excluding diaryl/α,β-unsaturated/α-hetero) is 1. The van der Waals surface area contributed by atoms with Gasteiger partial charge < -0.3 is 5.11 Å². The second-order valence-electron chi connectivity index (χ2n) is 13.8. The van der Waals surface area contributed by atoms with Gasteiger partial charge in [-0.2, -0.15) is 0 Å². The van der Waals surface area contributed by atoms with Crippen LogP contribution in [-0.2, 0) is 9.59 Å². The van der Waals surface area contributed by atoms with Crippen LogP contribution in [0.15, 0.2) is 11.6 Å². The largest absolute Gasteiger partial charge is 0.481 e. The van der Waals surface area contributed by atoms with Crippen molar-refractivity contribution in [3.05, 3.63) is 11.6 Å². The van der Waals surface area contributed by atoms with Crippen LogP contribution in [0, 0.1) is 50.7 Å². The van der Waals surface area contributed by atoms with Crippen molar-refractivity contribution in [3.63, 3.8) is 0 Å². The van der Waals surface area contributed by atoms with Crippen LogP contribution in [0.2, 0.25) is 0 Å². The Morgan fingerprint density at radius 2 is 1.67 bits per heavy atom. The molecule has 0 amide bonds. The molecule has 0 aliphatic heterocycles. The number of carboxylic acids is 1. The lowest BCUT2D eigenvalue weighted by Gasteiger charge is -2.72. The van der Waals surface area contributed by atoms with Crippen LogP contribution in [0.25, 0.3) is 0 Å². The lowest BCUT2D eigenvalue weighted by Crippen LogP contribution is -2.64. The number of ketones is 1. The molecule has 3 nitrogen and oxygen atoms in total. The summed E-state index contributed by atoms with van der Waals surface area (Å²) in [6.45, 7) is 19.2. The molecule has 4 aliphatic rings. The highest BCUT2D eigenvalue weighted by atomic mass is 16.4. The number of rotatable bonds is 4. The van der Waals surface area contributed by atoms with Crippen LogP contribution in [0.4, 0.5) is 0 Å². The number of hydrogen-bond acceptors (Lipinski definition) is 2. The molecule has 4 rings (SSSR count). The molecule has 1 N–H and O–H groups in total. The van der Waals surface area contributed by atoms with Crippen LogP contribution in [0.3, 0.4) is 0 Å². The quantitative estimate of drug-likeness (QED) is 0.441. The molecule has 0 saturated heterocycles. The molecule has 0 aromatic carbocycles. The van der Waals surface area contributed by atoms with E-state index in [1.165, 1.54) is 25.7 Å². The number of allylic oxidation sites excluding steroid dienone is 2. The van der Waals surface area contributed by atoms with E-state index in [0.29, 0.717) is 23.7 Å². The zero-order chi connectivity index (χ0) is 24.6. The van der Waals surface area contributed by atoms with Crippen molar-refractivity contribution < 1.29 is 14.7 Å². The second kappa shape index (κ2) is 7.69. The minimum absolute atomic E-state index is 0.0217. The molecule has 0 aromatic heterocycles. The van der Waals surface area contributed by atoms with E-state index < -0.39 is 5.97 Å². The summed E-state index contributed by atoms with van der Waals surface area (Å²) < 4.78 is 0. The van der Waals surface area contributed by atoms with E-state index in [4.69, 9.17) is 0 Å². The predicted octanol–water partition coefficient (Wildman–Crippen LogP) is 7.69. The molecule has 3 fully saturated rings. The average molecular weight is 457 g/mol. The summed E-state index contributed by atoms with van der Waals surface area (Å²) in [4.78, 5) is 24.4. The van der Waals surface area contributed by atoms with Gasteiger partial charge in [0.05, 0.1) is 0 Å². The number of carboxylic acid groups (broad SMARTS) is 1. The van der Waals surface area contributed by atoms with Crippen LogP contribution in [0.1, 0.15) is 113 Å². The van der Waals surface area contributed by atoms with Gasteiger partial charge in [0.25, 0.3) is 0 Å². The Labute approximate surface area is 202 Å². The van der Waals surface area contributed by atoms with Gasteiger partial charge >= 0.3 is 5.97 Å². The highest BCUT2D eigenvalue weighted by molar-refractivity contribution is 5.79. The standard InChI is InChI=1S/C30H48O3/c1-19-11-14-26(4)17-18-29(7)24(30(26,8)20(19)2)10-9-23-27(5,15-13-25(32)33)22(21(3)31)12-16-28(23,29)6/h10,19-20,22-23H,9,11-18H2,1-8H3,(H,32,33)/t19-,20+,22+,23?,26-,27+,28-,29-,30+/m1/s1. The van der Waals surface area contributed by atoms with E-state index in [2.05, 4.69) is 54.5 Å². The third-order valence-electron chi connectivity index (χ3n) is 13.0. The molecule has 186 valence electrons. The fourth-order valence-electron chi connectivity index (χ4n) is 10.1. The van der Waals surface area contributed by atoms with E-state index in [-0.39, 0.29) is 39.8 Å². The molecule has 0 spiro atoms. The maximum absolute atomic E-state index is 12.8. The first kappa shape index (κ1) is 25.0. The van der Waals surface area contributed by atoms with Gasteiger partial charge in [-0.15, -0.1) is 0 Å². The minimum Gasteiger partial charge on any atom is -0.481 e. The second-order valence-corrected chi connectivity index (χ2v) is 13.8. The first-order chi connectivity index (χ1) is 15.2. The zero-order valence-electron chi connectivity index (χ0n) is 22.5. The Kier molecular flexibility index (Phi) is 5.82. The smallest absolute Gasteiger partial charge is 0.303 e. The van der Waals surface area contributed by atoms with Crippen molar-refractivity contribution in [3.8, 4) is 0 Å². The highest BCUT2D eigenvalue weighted by Crippen LogP contribution is 2.77. The van der Waals surface area contributed by atoms with E-state index in [1.54, 1.807) is 12.5 Å². The van der Waals surface area contributed by atoms with Crippen LogP contribution >= 0.6 is 0 Å². The van der Waals surface area contributed by atoms with Crippen molar-refractivity contribution in [2.24, 2.45) is 50.7 Å². The third-order valence-corrected chi connectivity index (χ3v) is 13.0. The number of aliphatic carboxylic acids is 1. The Morgan fingerprint density at radius 1 is 1.00 bits per heavy atom. The third kappa shape index (κ3) is 3.12. The van der Waals surface area contributed by atoms with Gasteiger partial charge in [0, 0.05) is 12.3 Å². The molecule has 0 bridgehead atoms. The fraction of sp³-hybridized carbons (Fsp3) is 0.867. The van der Waals surface area contributed by atoms with Crippen molar-refractivity contribution in [1.29, 1.82) is 0 Å². The molecule has 4 aliphatic carbocycles. The first-order valence-electron chi connectivity index (χ1n) is 13.6. The van der Waals surface area contributed by atoms with Crippen molar-refractivity contribution in [2.45, 2.75) is 113 Å². The lowest BCUT2D eigenvalue weighted by atomic mass is 9.32. The van der Waals surface area contributed by atoms with Gasteiger partial charge in [0.2, 0.25) is 0 Å². The SMILES string of the molecule is CC(=O)[C@@H]1CC[C@]2(C)C(CC=C3[C@@]2(C)CC[C@@]2(C)CC[C@@H](C)[C@H](C)[C@@]32C)[C@@]1(C)CCC(=O)O. The van der Waals surface area contributed by atoms with Crippen LogP contribution in [0.5, 0.6) is 0 Å². The van der Waals surface area contributed by atoms with Gasteiger partial charge in [-0.25, -0.2) is 0 Å².